The van der Waals surface area contributed by atoms with Crippen LogP contribution in [-0.4, -0.2) is 33.3 Å². The van der Waals surface area contributed by atoms with Crippen molar-refractivity contribution in [1.82, 2.24) is 15.0 Å². The quantitative estimate of drug-likeness (QED) is 0.855. The Morgan fingerprint density at radius 3 is 2.56 bits per heavy atom. The molecule has 0 radical (unpaired) electrons. The molecule has 1 heterocycles. The average Bonchev–Trinajstić information content (AvgIpc) is 2.75. The summed E-state index contributed by atoms with van der Waals surface area (Å²) in [5.41, 5.74) is 1.88. The molecule has 18 heavy (non-hydrogen) atoms. The highest BCUT2D eigenvalue weighted by atomic mass is 16.5. The van der Waals surface area contributed by atoms with Crippen LogP contribution >= 0.6 is 0 Å². The van der Waals surface area contributed by atoms with E-state index < -0.39 is 6.10 Å². The van der Waals surface area contributed by atoms with Crippen molar-refractivity contribution in [1.29, 1.82) is 0 Å². The molecule has 5 nitrogen and oxygen atoms in total. The summed E-state index contributed by atoms with van der Waals surface area (Å²) in [6.45, 7) is 0. The van der Waals surface area contributed by atoms with Crippen molar-refractivity contribution in [2.75, 3.05) is 7.11 Å². The van der Waals surface area contributed by atoms with Crippen LogP contribution in [0.2, 0.25) is 0 Å². The van der Waals surface area contributed by atoms with E-state index in [1.54, 1.807) is 11.8 Å². The van der Waals surface area contributed by atoms with Crippen LogP contribution in [0.15, 0.2) is 30.5 Å². The Bertz CT molecular complexity index is 493. The Balaban J connectivity index is 1.91. The van der Waals surface area contributed by atoms with Crippen molar-refractivity contribution >= 4 is 0 Å². The first-order valence-electron chi connectivity index (χ1n) is 5.83. The summed E-state index contributed by atoms with van der Waals surface area (Å²) in [7, 11) is 3.45. The molecular formula is C13H17N3O2. The molecule has 1 atom stereocenters. The zero-order valence-electron chi connectivity index (χ0n) is 10.6. The highest BCUT2D eigenvalue weighted by Gasteiger charge is 2.09. The van der Waals surface area contributed by atoms with Gasteiger partial charge in [0.25, 0.3) is 0 Å². The Morgan fingerprint density at radius 1 is 1.28 bits per heavy atom. The van der Waals surface area contributed by atoms with Crippen LogP contribution in [0, 0.1) is 0 Å². The molecule has 2 rings (SSSR count). The molecule has 2 aromatic rings. The van der Waals surface area contributed by atoms with Gasteiger partial charge in [0.2, 0.25) is 0 Å². The normalized spacial score (nSPS) is 12.4. The first-order chi connectivity index (χ1) is 8.67. The SMILES string of the molecule is COc1ccc(CC(O)Cc2cn(C)nn2)cc1. The first kappa shape index (κ1) is 12.6. The summed E-state index contributed by atoms with van der Waals surface area (Å²) in [4.78, 5) is 0. The van der Waals surface area contributed by atoms with E-state index in [4.69, 9.17) is 4.74 Å². The molecule has 96 valence electrons. The minimum atomic E-state index is -0.449. The molecule has 0 bridgehead atoms. The molecule has 1 N–H and O–H groups in total. The molecule has 1 aromatic heterocycles. The van der Waals surface area contributed by atoms with Gasteiger partial charge in [-0.15, -0.1) is 5.10 Å². The van der Waals surface area contributed by atoms with Crippen LogP contribution in [0.25, 0.3) is 0 Å². The Hall–Kier alpha value is -1.88. The Morgan fingerprint density at radius 2 is 2.00 bits per heavy atom. The third-order valence-corrected chi connectivity index (χ3v) is 2.73. The van der Waals surface area contributed by atoms with Gasteiger partial charge in [0, 0.05) is 19.7 Å². The van der Waals surface area contributed by atoms with Gasteiger partial charge in [0.15, 0.2) is 0 Å². The highest BCUT2D eigenvalue weighted by Crippen LogP contribution is 2.13. The number of aliphatic hydroxyl groups excluding tert-OH is 1. The van der Waals surface area contributed by atoms with E-state index in [2.05, 4.69) is 10.3 Å². The second-order valence-electron chi connectivity index (χ2n) is 4.29. The van der Waals surface area contributed by atoms with Gasteiger partial charge < -0.3 is 9.84 Å². The van der Waals surface area contributed by atoms with E-state index in [1.165, 1.54) is 0 Å². The van der Waals surface area contributed by atoms with E-state index in [0.717, 1.165) is 17.0 Å². The molecule has 0 saturated heterocycles. The van der Waals surface area contributed by atoms with Crippen LogP contribution in [0.5, 0.6) is 5.75 Å². The number of nitrogens with zero attached hydrogens (tertiary/aromatic N) is 3. The third-order valence-electron chi connectivity index (χ3n) is 2.73. The lowest BCUT2D eigenvalue weighted by atomic mass is 10.0. The molecule has 0 amide bonds. The lowest BCUT2D eigenvalue weighted by Crippen LogP contribution is -2.14. The average molecular weight is 247 g/mol. The predicted molar refractivity (Wildman–Crippen MR) is 67.4 cm³/mol. The lowest BCUT2D eigenvalue weighted by molar-refractivity contribution is 0.174. The van der Waals surface area contributed by atoms with Crippen molar-refractivity contribution in [3.05, 3.63) is 41.7 Å². The molecule has 0 aliphatic rings. The molecule has 1 unspecified atom stereocenters. The third kappa shape index (κ3) is 3.30. The van der Waals surface area contributed by atoms with Crippen molar-refractivity contribution < 1.29 is 9.84 Å². The summed E-state index contributed by atoms with van der Waals surface area (Å²) in [6, 6.07) is 7.70. The number of aliphatic hydroxyl groups is 1. The highest BCUT2D eigenvalue weighted by molar-refractivity contribution is 5.27. The lowest BCUT2D eigenvalue weighted by Gasteiger charge is -2.09. The van der Waals surface area contributed by atoms with E-state index in [9.17, 15) is 5.11 Å². The van der Waals surface area contributed by atoms with Crippen LogP contribution in [0.4, 0.5) is 0 Å². The minimum absolute atomic E-state index is 0.449. The molecule has 0 aliphatic heterocycles. The maximum Gasteiger partial charge on any atom is 0.118 e. The van der Waals surface area contributed by atoms with E-state index in [1.807, 2.05) is 37.5 Å². The largest absolute Gasteiger partial charge is 0.497 e. The fraction of sp³-hybridized carbons (Fsp3) is 0.385. The fourth-order valence-corrected chi connectivity index (χ4v) is 1.84. The number of rotatable bonds is 5. The van der Waals surface area contributed by atoms with Crippen molar-refractivity contribution in [2.24, 2.45) is 7.05 Å². The number of aromatic nitrogens is 3. The molecule has 0 spiro atoms. The van der Waals surface area contributed by atoms with E-state index in [-0.39, 0.29) is 0 Å². The summed E-state index contributed by atoms with van der Waals surface area (Å²) in [5.74, 6) is 0.821. The standard InChI is InChI=1S/C13H17N3O2/c1-16-9-11(14-15-16)8-12(17)7-10-3-5-13(18-2)6-4-10/h3-6,9,12,17H,7-8H2,1-2H3. The van der Waals surface area contributed by atoms with Gasteiger partial charge in [-0.25, -0.2) is 0 Å². The number of hydrogen-bond acceptors (Lipinski definition) is 4. The van der Waals surface area contributed by atoms with Crippen molar-refractivity contribution in [3.63, 3.8) is 0 Å². The van der Waals surface area contributed by atoms with Gasteiger partial charge in [0.05, 0.1) is 18.9 Å². The van der Waals surface area contributed by atoms with Crippen molar-refractivity contribution in [3.8, 4) is 5.75 Å². The maximum absolute atomic E-state index is 9.98. The van der Waals surface area contributed by atoms with Crippen LogP contribution in [-0.2, 0) is 19.9 Å². The first-order valence-corrected chi connectivity index (χ1v) is 5.83. The van der Waals surface area contributed by atoms with Crippen molar-refractivity contribution in [2.45, 2.75) is 18.9 Å². The van der Waals surface area contributed by atoms with Crippen LogP contribution < -0.4 is 4.74 Å². The predicted octanol–water partition coefficient (Wildman–Crippen LogP) is 0.970. The zero-order chi connectivity index (χ0) is 13.0. The van der Waals surface area contributed by atoms with E-state index >= 15 is 0 Å². The van der Waals surface area contributed by atoms with Gasteiger partial charge in [-0.3, -0.25) is 4.68 Å². The molecule has 0 fully saturated rings. The smallest absolute Gasteiger partial charge is 0.118 e. The number of ether oxygens (including phenoxy) is 1. The molecular weight excluding hydrogens is 230 g/mol. The summed E-state index contributed by atoms with van der Waals surface area (Å²) in [5, 5.41) is 17.8. The second-order valence-corrected chi connectivity index (χ2v) is 4.29. The molecule has 0 aliphatic carbocycles. The molecule has 5 heteroatoms. The molecule has 1 aromatic carbocycles. The number of aryl methyl sites for hydroxylation is 1. The summed E-state index contributed by atoms with van der Waals surface area (Å²) >= 11 is 0. The van der Waals surface area contributed by atoms with Gasteiger partial charge in [0.1, 0.15) is 5.75 Å². The van der Waals surface area contributed by atoms with Gasteiger partial charge in [-0.2, -0.15) is 0 Å². The maximum atomic E-state index is 9.98. The fourth-order valence-electron chi connectivity index (χ4n) is 1.84. The monoisotopic (exact) mass is 247 g/mol. The number of benzene rings is 1. The minimum Gasteiger partial charge on any atom is -0.497 e. The zero-order valence-corrected chi connectivity index (χ0v) is 10.6. The molecule has 0 saturated carbocycles. The van der Waals surface area contributed by atoms with Gasteiger partial charge in [-0.05, 0) is 24.1 Å². The van der Waals surface area contributed by atoms with E-state index in [0.29, 0.717) is 12.8 Å². The van der Waals surface area contributed by atoms with Crippen LogP contribution in [0.3, 0.4) is 0 Å². The van der Waals surface area contributed by atoms with Crippen LogP contribution in [0.1, 0.15) is 11.3 Å². The van der Waals surface area contributed by atoms with Gasteiger partial charge in [-0.1, -0.05) is 17.3 Å². The summed E-state index contributed by atoms with van der Waals surface area (Å²) in [6.07, 6.45) is 2.48. The topological polar surface area (TPSA) is 60.2 Å². The van der Waals surface area contributed by atoms with Gasteiger partial charge >= 0.3 is 0 Å². The Kier molecular flexibility index (Phi) is 3.94. The summed E-state index contributed by atoms with van der Waals surface area (Å²) < 4.78 is 6.72. The number of hydrogen-bond donors (Lipinski definition) is 1. The second kappa shape index (κ2) is 5.64. The Labute approximate surface area is 106 Å². The number of methoxy groups -OCH3 is 1.